The zero-order valence-electron chi connectivity index (χ0n) is 18.1. The van der Waals surface area contributed by atoms with E-state index in [-0.39, 0.29) is 11.9 Å². The number of nitrogens with one attached hydrogen (secondary N) is 2. The Labute approximate surface area is 176 Å². The van der Waals surface area contributed by atoms with E-state index >= 15 is 0 Å². The summed E-state index contributed by atoms with van der Waals surface area (Å²) in [5, 5.41) is 6.77. The Kier molecular flexibility index (Phi) is 8.92. The standard InChI is InChI=1S/C23H38N4O2/c1-3-12-26-13-9-21(10-14-26)27-18-20(25-17-19-7-5-4-6-8-19)16-22(27)23(28)24-11-15-29-2/h4-8,20-22,25H,3,9-18H2,1-2H3,(H,24,28)/t20-,22+/m1/s1. The first-order chi connectivity index (χ1) is 14.2. The number of nitrogens with zero attached hydrogens (tertiary/aromatic N) is 2. The van der Waals surface area contributed by atoms with Gasteiger partial charge in [-0.05, 0) is 50.9 Å². The number of hydrogen-bond donors (Lipinski definition) is 2. The highest BCUT2D eigenvalue weighted by atomic mass is 16.5. The Hall–Kier alpha value is -1.47. The second kappa shape index (κ2) is 11.6. The van der Waals surface area contributed by atoms with Gasteiger partial charge in [-0.25, -0.2) is 0 Å². The molecule has 2 saturated heterocycles. The van der Waals surface area contributed by atoms with Gasteiger partial charge in [0.1, 0.15) is 0 Å². The van der Waals surface area contributed by atoms with Crippen molar-refractivity contribution in [3.05, 3.63) is 35.9 Å². The fourth-order valence-electron chi connectivity index (χ4n) is 4.71. The van der Waals surface area contributed by atoms with Crippen molar-refractivity contribution < 1.29 is 9.53 Å². The molecule has 3 rings (SSSR count). The van der Waals surface area contributed by atoms with Crippen molar-refractivity contribution in [3.8, 4) is 0 Å². The van der Waals surface area contributed by atoms with Crippen molar-refractivity contribution in [3.63, 3.8) is 0 Å². The Morgan fingerprint density at radius 1 is 1.21 bits per heavy atom. The molecule has 2 aliphatic rings. The minimum absolute atomic E-state index is 0.0390. The smallest absolute Gasteiger partial charge is 0.237 e. The number of carbonyl (C=O) groups excluding carboxylic acids is 1. The first kappa shape index (κ1) is 22.2. The highest BCUT2D eigenvalue weighted by Crippen LogP contribution is 2.27. The number of benzene rings is 1. The fraction of sp³-hybridized carbons (Fsp3) is 0.696. The molecule has 1 amide bonds. The van der Waals surface area contributed by atoms with Gasteiger partial charge in [0.15, 0.2) is 0 Å². The molecule has 2 fully saturated rings. The van der Waals surface area contributed by atoms with Gasteiger partial charge in [-0.2, -0.15) is 0 Å². The van der Waals surface area contributed by atoms with Gasteiger partial charge in [0.25, 0.3) is 0 Å². The normalized spacial score (nSPS) is 24.1. The zero-order chi connectivity index (χ0) is 20.5. The number of piperidine rings is 1. The molecule has 0 spiro atoms. The molecule has 6 nitrogen and oxygen atoms in total. The molecule has 0 radical (unpaired) electrons. The number of ether oxygens (including phenoxy) is 1. The van der Waals surface area contributed by atoms with Crippen LogP contribution in [-0.4, -0.2) is 80.3 Å². The lowest BCUT2D eigenvalue weighted by Gasteiger charge is -2.39. The molecule has 0 saturated carbocycles. The van der Waals surface area contributed by atoms with Crippen molar-refractivity contribution in [1.82, 2.24) is 20.4 Å². The van der Waals surface area contributed by atoms with Crippen LogP contribution in [0.15, 0.2) is 30.3 Å². The van der Waals surface area contributed by atoms with Crippen LogP contribution in [-0.2, 0) is 16.1 Å². The van der Waals surface area contributed by atoms with Gasteiger partial charge >= 0.3 is 0 Å². The predicted octanol–water partition coefficient (Wildman–Crippen LogP) is 1.86. The lowest BCUT2D eigenvalue weighted by atomic mass is 10.0. The Balaban J connectivity index is 1.58. The second-order valence-electron chi connectivity index (χ2n) is 8.37. The molecule has 29 heavy (non-hydrogen) atoms. The highest BCUT2D eigenvalue weighted by molar-refractivity contribution is 5.82. The van der Waals surface area contributed by atoms with Crippen LogP contribution in [0.3, 0.4) is 0 Å². The van der Waals surface area contributed by atoms with E-state index in [0.29, 0.717) is 25.2 Å². The van der Waals surface area contributed by atoms with Gasteiger partial charge in [0.2, 0.25) is 5.91 Å². The molecule has 2 N–H and O–H groups in total. The summed E-state index contributed by atoms with van der Waals surface area (Å²) in [5.74, 6) is 0.155. The Morgan fingerprint density at radius 3 is 2.66 bits per heavy atom. The van der Waals surface area contributed by atoms with Crippen LogP contribution in [0.4, 0.5) is 0 Å². The van der Waals surface area contributed by atoms with Gasteiger partial charge in [-0.15, -0.1) is 0 Å². The van der Waals surface area contributed by atoms with E-state index in [0.717, 1.165) is 45.4 Å². The van der Waals surface area contributed by atoms with E-state index in [2.05, 4.69) is 51.6 Å². The number of amides is 1. The molecule has 2 atom stereocenters. The van der Waals surface area contributed by atoms with Gasteiger partial charge in [0.05, 0.1) is 12.6 Å². The first-order valence-corrected chi connectivity index (χ1v) is 11.2. The van der Waals surface area contributed by atoms with Crippen LogP contribution in [0.5, 0.6) is 0 Å². The first-order valence-electron chi connectivity index (χ1n) is 11.2. The molecule has 0 aliphatic carbocycles. The maximum absolute atomic E-state index is 12.9. The number of methoxy groups -OCH3 is 1. The number of carbonyl (C=O) groups is 1. The average molecular weight is 403 g/mol. The van der Waals surface area contributed by atoms with Crippen LogP contribution in [0.25, 0.3) is 0 Å². The van der Waals surface area contributed by atoms with Crippen molar-refractivity contribution in [1.29, 1.82) is 0 Å². The topological polar surface area (TPSA) is 56.8 Å². The van der Waals surface area contributed by atoms with Crippen LogP contribution in [0, 0.1) is 0 Å². The number of likely N-dealkylation sites (tertiary alicyclic amines) is 2. The second-order valence-corrected chi connectivity index (χ2v) is 8.37. The summed E-state index contributed by atoms with van der Waals surface area (Å²) in [5.41, 5.74) is 1.29. The lowest BCUT2D eigenvalue weighted by molar-refractivity contribution is -0.126. The molecule has 0 unspecified atom stereocenters. The molecule has 1 aromatic carbocycles. The van der Waals surface area contributed by atoms with Gasteiger partial charge in [0, 0.05) is 38.8 Å². The van der Waals surface area contributed by atoms with Crippen molar-refractivity contribution in [2.24, 2.45) is 0 Å². The fourth-order valence-corrected chi connectivity index (χ4v) is 4.71. The third kappa shape index (κ3) is 6.51. The largest absolute Gasteiger partial charge is 0.383 e. The van der Waals surface area contributed by atoms with E-state index in [1.807, 2.05) is 6.07 Å². The van der Waals surface area contributed by atoms with Crippen LogP contribution >= 0.6 is 0 Å². The zero-order valence-corrected chi connectivity index (χ0v) is 18.1. The quantitative estimate of drug-likeness (QED) is 0.585. The van der Waals surface area contributed by atoms with Crippen molar-refractivity contribution >= 4 is 5.91 Å². The van der Waals surface area contributed by atoms with Crippen LogP contribution in [0.1, 0.15) is 38.2 Å². The average Bonchev–Trinajstić information content (AvgIpc) is 3.18. The molecule has 6 heteroatoms. The summed E-state index contributed by atoms with van der Waals surface area (Å²) >= 11 is 0. The molecule has 2 heterocycles. The summed E-state index contributed by atoms with van der Waals surface area (Å²) in [4.78, 5) is 18.0. The van der Waals surface area contributed by atoms with E-state index in [4.69, 9.17) is 4.74 Å². The minimum atomic E-state index is -0.0390. The molecule has 0 aromatic heterocycles. The molecular weight excluding hydrogens is 364 g/mol. The summed E-state index contributed by atoms with van der Waals surface area (Å²) in [6.07, 6.45) is 4.41. The summed E-state index contributed by atoms with van der Waals surface area (Å²) in [6, 6.07) is 11.3. The van der Waals surface area contributed by atoms with Gasteiger partial charge in [-0.3, -0.25) is 9.69 Å². The van der Waals surface area contributed by atoms with Crippen molar-refractivity contribution in [2.75, 3.05) is 46.4 Å². The SMILES string of the molecule is CCCN1CCC(N2C[C@H](NCc3ccccc3)C[C@H]2C(=O)NCCOC)CC1. The van der Waals surface area contributed by atoms with E-state index in [1.165, 1.54) is 18.5 Å². The summed E-state index contributed by atoms with van der Waals surface area (Å²) < 4.78 is 5.10. The van der Waals surface area contributed by atoms with Crippen molar-refractivity contribution in [2.45, 2.75) is 57.3 Å². The molecule has 0 bridgehead atoms. The number of hydrogen-bond acceptors (Lipinski definition) is 5. The van der Waals surface area contributed by atoms with E-state index < -0.39 is 0 Å². The third-order valence-corrected chi connectivity index (χ3v) is 6.25. The molecular formula is C23H38N4O2. The summed E-state index contributed by atoms with van der Waals surface area (Å²) in [7, 11) is 1.67. The third-order valence-electron chi connectivity index (χ3n) is 6.25. The number of rotatable bonds is 10. The Bertz CT molecular complexity index is 604. The van der Waals surface area contributed by atoms with E-state index in [1.54, 1.807) is 7.11 Å². The Morgan fingerprint density at radius 2 is 1.97 bits per heavy atom. The maximum Gasteiger partial charge on any atom is 0.237 e. The van der Waals surface area contributed by atoms with Crippen LogP contribution < -0.4 is 10.6 Å². The van der Waals surface area contributed by atoms with Gasteiger partial charge < -0.3 is 20.3 Å². The highest BCUT2D eigenvalue weighted by Gasteiger charge is 2.40. The van der Waals surface area contributed by atoms with E-state index in [9.17, 15) is 4.79 Å². The van der Waals surface area contributed by atoms with Crippen LogP contribution in [0.2, 0.25) is 0 Å². The lowest BCUT2D eigenvalue weighted by Crippen LogP contribution is -2.51. The molecule has 1 aromatic rings. The van der Waals surface area contributed by atoms with Gasteiger partial charge in [-0.1, -0.05) is 37.3 Å². The molecule has 2 aliphatic heterocycles. The monoisotopic (exact) mass is 402 g/mol. The summed E-state index contributed by atoms with van der Waals surface area (Å²) in [6.45, 7) is 8.68. The predicted molar refractivity (Wildman–Crippen MR) is 117 cm³/mol. The minimum Gasteiger partial charge on any atom is -0.383 e. The maximum atomic E-state index is 12.9. The molecule has 162 valence electrons.